The molecule has 1 aromatic carbocycles. The Kier molecular flexibility index (Phi) is 1.63. The summed E-state index contributed by atoms with van der Waals surface area (Å²) in [5.41, 5.74) is 2.01. The molecule has 0 saturated carbocycles. The van der Waals surface area contributed by atoms with E-state index in [1.807, 2.05) is 12.1 Å². The molecule has 0 bridgehead atoms. The van der Waals surface area contributed by atoms with Crippen molar-refractivity contribution in [3.63, 3.8) is 0 Å². The smallest absolute Gasteiger partial charge is 0.241 e. The highest BCUT2D eigenvalue weighted by atomic mass is 16.7. The minimum atomic E-state index is -0.0682. The van der Waals surface area contributed by atoms with Crippen LogP contribution in [0.3, 0.4) is 0 Å². The molecule has 2 aliphatic heterocycles. The summed E-state index contributed by atoms with van der Waals surface area (Å²) in [5.74, 6) is 6.93. The second kappa shape index (κ2) is 2.87. The highest BCUT2D eigenvalue weighted by Crippen LogP contribution is 2.36. The topological polar surface area (TPSA) is 64.8 Å². The van der Waals surface area contributed by atoms with Gasteiger partial charge in [0.2, 0.25) is 12.7 Å². The minimum Gasteiger partial charge on any atom is -0.454 e. The zero-order chi connectivity index (χ0) is 10.4. The molecular weight excluding hydrogens is 196 g/mol. The van der Waals surface area contributed by atoms with Gasteiger partial charge in [0.25, 0.3) is 0 Å². The largest absolute Gasteiger partial charge is 0.454 e. The minimum absolute atomic E-state index is 0.0682. The molecule has 1 aromatic rings. The summed E-state index contributed by atoms with van der Waals surface area (Å²) < 4.78 is 10.5. The summed E-state index contributed by atoms with van der Waals surface area (Å²) in [7, 11) is 0. The molecule has 2 aliphatic rings. The van der Waals surface area contributed by atoms with Gasteiger partial charge in [-0.3, -0.25) is 9.80 Å². The number of nitrogens with two attached hydrogens (primary N) is 1. The SMILES string of the molecule is NN1Cc2cc3c(cc2CC1=O)OCO3. The number of fused-ring (bicyclic) bond motifs is 2. The fourth-order valence-electron chi connectivity index (χ4n) is 1.87. The number of rotatable bonds is 0. The Morgan fingerprint density at radius 1 is 1.20 bits per heavy atom. The van der Waals surface area contributed by atoms with Crippen LogP contribution in [0.25, 0.3) is 0 Å². The first kappa shape index (κ1) is 8.55. The number of benzene rings is 1. The predicted molar refractivity (Wildman–Crippen MR) is 51.0 cm³/mol. The van der Waals surface area contributed by atoms with Crippen LogP contribution in [0.1, 0.15) is 11.1 Å². The lowest BCUT2D eigenvalue weighted by Crippen LogP contribution is -2.41. The van der Waals surface area contributed by atoms with E-state index in [-0.39, 0.29) is 12.7 Å². The molecular formula is C10H10N2O3. The molecule has 1 amide bonds. The summed E-state index contributed by atoms with van der Waals surface area (Å²) in [4.78, 5) is 11.4. The van der Waals surface area contributed by atoms with Crippen molar-refractivity contribution in [1.82, 2.24) is 5.01 Å². The number of carbonyl (C=O) groups is 1. The van der Waals surface area contributed by atoms with E-state index in [4.69, 9.17) is 15.3 Å². The highest BCUT2D eigenvalue weighted by molar-refractivity contribution is 5.80. The average molecular weight is 206 g/mol. The van der Waals surface area contributed by atoms with Gasteiger partial charge in [-0.1, -0.05) is 0 Å². The number of amides is 1. The number of ether oxygens (including phenoxy) is 2. The number of nitrogens with zero attached hydrogens (tertiary/aromatic N) is 1. The maximum Gasteiger partial charge on any atom is 0.241 e. The van der Waals surface area contributed by atoms with Crippen LogP contribution in [-0.2, 0) is 17.8 Å². The lowest BCUT2D eigenvalue weighted by molar-refractivity contribution is -0.132. The predicted octanol–water partition coefficient (Wildman–Crippen LogP) is 0.174. The van der Waals surface area contributed by atoms with E-state index >= 15 is 0 Å². The van der Waals surface area contributed by atoms with Crippen LogP contribution in [-0.4, -0.2) is 17.7 Å². The van der Waals surface area contributed by atoms with E-state index in [1.165, 1.54) is 5.01 Å². The first-order chi connectivity index (χ1) is 7.24. The van der Waals surface area contributed by atoms with Crippen LogP contribution in [0.5, 0.6) is 11.5 Å². The fraction of sp³-hybridized carbons (Fsp3) is 0.300. The van der Waals surface area contributed by atoms with Crippen LogP contribution in [0.4, 0.5) is 0 Å². The van der Waals surface area contributed by atoms with E-state index in [1.54, 1.807) is 0 Å². The zero-order valence-corrected chi connectivity index (χ0v) is 8.03. The molecule has 5 heteroatoms. The van der Waals surface area contributed by atoms with Crippen molar-refractivity contribution in [1.29, 1.82) is 0 Å². The molecule has 5 nitrogen and oxygen atoms in total. The average Bonchev–Trinajstić information content (AvgIpc) is 2.63. The first-order valence-electron chi connectivity index (χ1n) is 4.70. The van der Waals surface area contributed by atoms with Gasteiger partial charge in [-0.2, -0.15) is 0 Å². The van der Waals surface area contributed by atoms with Crippen molar-refractivity contribution >= 4 is 5.91 Å². The standard InChI is InChI=1S/C10H10N2O3/c11-12-4-7-2-9-8(14-5-15-9)1-6(7)3-10(12)13/h1-2H,3-5,11H2. The number of carbonyl (C=O) groups excluding carboxylic acids is 1. The van der Waals surface area contributed by atoms with Crippen molar-refractivity contribution in [2.45, 2.75) is 13.0 Å². The van der Waals surface area contributed by atoms with E-state index in [0.29, 0.717) is 18.7 Å². The summed E-state index contributed by atoms with van der Waals surface area (Å²) in [6, 6.07) is 3.76. The van der Waals surface area contributed by atoms with Gasteiger partial charge in [0.05, 0.1) is 13.0 Å². The van der Waals surface area contributed by atoms with Gasteiger partial charge >= 0.3 is 0 Å². The summed E-state index contributed by atoms with van der Waals surface area (Å²) in [6.45, 7) is 0.684. The van der Waals surface area contributed by atoms with Crippen molar-refractivity contribution in [2.24, 2.45) is 5.84 Å². The van der Waals surface area contributed by atoms with Gasteiger partial charge in [-0.15, -0.1) is 0 Å². The molecule has 0 saturated heterocycles. The van der Waals surface area contributed by atoms with Gasteiger partial charge in [-0.25, -0.2) is 5.84 Å². The fourth-order valence-corrected chi connectivity index (χ4v) is 1.87. The van der Waals surface area contributed by atoms with Gasteiger partial charge in [0, 0.05) is 0 Å². The normalized spacial score (nSPS) is 17.9. The van der Waals surface area contributed by atoms with E-state index in [0.717, 1.165) is 16.9 Å². The number of hydrogen-bond acceptors (Lipinski definition) is 4. The number of hydrazine groups is 1. The third kappa shape index (κ3) is 1.24. The molecule has 0 aliphatic carbocycles. The second-order valence-corrected chi connectivity index (χ2v) is 3.67. The Morgan fingerprint density at radius 3 is 2.60 bits per heavy atom. The van der Waals surface area contributed by atoms with Crippen LogP contribution < -0.4 is 15.3 Å². The van der Waals surface area contributed by atoms with E-state index in [9.17, 15) is 4.79 Å². The molecule has 78 valence electrons. The van der Waals surface area contributed by atoms with Crippen LogP contribution in [0.15, 0.2) is 12.1 Å². The van der Waals surface area contributed by atoms with Crippen molar-refractivity contribution < 1.29 is 14.3 Å². The van der Waals surface area contributed by atoms with Gasteiger partial charge < -0.3 is 9.47 Å². The second-order valence-electron chi connectivity index (χ2n) is 3.67. The Labute approximate surface area is 86.3 Å². The van der Waals surface area contributed by atoms with E-state index < -0.39 is 0 Å². The molecule has 2 N–H and O–H groups in total. The zero-order valence-electron chi connectivity index (χ0n) is 8.03. The van der Waals surface area contributed by atoms with Gasteiger partial charge in [0.1, 0.15) is 0 Å². The van der Waals surface area contributed by atoms with Gasteiger partial charge in [0.15, 0.2) is 11.5 Å². The molecule has 0 atom stereocenters. The monoisotopic (exact) mass is 206 g/mol. The van der Waals surface area contributed by atoms with Crippen LogP contribution in [0, 0.1) is 0 Å². The third-order valence-corrected chi connectivity index (χ3v) is 2.70. The molecule has 0 aromatic heterocycles. The van der Waals surface area contributed by atoms with Crippen molar-refractivity contribution in [3.05, 3.63) is 23.3 Å². The van der Waals surface area contributed by atoms with Gasteiger partial charge in [-0.05, 0) is 23.3 Å². The van der Waals surface area contributed by atoms with Crippen LogP contribution in [0.2, 0.25) is 0 Å². The lowest BCUT2D eigenvalue weighted by Gasteiger charge is -2.24. The summed E-state index contributed by atoms with van der Waals surface area (Å²) >= 11 is 0. The molecule has 0 spiro atoms. The quantitative estimate of drug-likeness (QED) is 0.485. The molecule has 0 radical (unpaired) electrons. The Bertz CT molecular complexity index is 445. The molecule has 2 heterocycles. The lowest BCUT2D eigenvalue weighted by atomic mass is 9.99. The summed E-state index contributed by atoms with van der Waals surface area (Å²) in [6.07, 6.45) is 0.336. The molecule has 0 fully saturated rings. The molecule has 3 rings (SSSR count). The molecule has 0 unspecified atom stereocenters. The maximum absolute atomic E-state index is 11.4. The van der Waals surface area contributed by atoms with E-state index in [2.05, 4.69) is 0 Å². The number of hydrogen-bond donors (Lipinski definition) is 1. The Balaban J connectivity index is 2.07. The first-order valence-corrected chi connectivity index (χ1v) is 4.70. The highest BCUT2D eigenvalue weighted by Gasteiger charge is 2.24. The third-order valence-electron chi connectivity index (χ3n) is 2.70. The van der Waals surface area contributed by atoms with Crippen molar-refractivity contribution in [3.8, 4) is 11.5 Å². The Morgan fingerprint density at radius 2 is 1.87 bits per heavy atom. The molecule has 15 heavy (non-hydrogen) atoms. The van der Waals surface area contributed by atoms with Crippen LogP contribution >= 0.6 is 0 Å². The summed E-state index contributed by atoms with van der Waals surface area (Å²) in [5, 5.41) is 1.23. The Hall–Kier alpha value is -1.75. The van der Waals surface area contributed by atoms with Crippen molar-refractivity contribution in [2.75, 3.05) is 6.79 Å². The maximum atomic E-state index is 11.4.